The zero-order valence-corrected chi connectivity index (χ0v) is 13.0. The van der Waals surface area contributed by atoms with E-state index in [0.29, 0.717) is 12.2 Å². The summed E-state index contributed by atoms with van der Waals surface area (Å²) >= 11 is 3.45. The van der Waals surface area contributed by atoms with Crippen LogP contribution in [0.15, 0.2) is 22.7 Å². The lowest BCUT2D eigenvalue weighted by molar-refractivity contribution is -0.118. The third-order valence-electron chi connectivity index (χ3n) is 3.92. The predicted octanol–water partition coefficient (Wildman–Crippen LogP) is 4.54. The van der Waals surface area contributed by atoms with Gasteiger partial charge in [0.1, 0.15) is 11.5 Å². The number of benzene rings is 1. The monoisotopic (exact) mass is 324 g/mol. The Hall–Kier alpha value is -0.830. The smallest absolute Gasteiger partial charge is 0.137 e. The van der Waals surface area contributed by atoms with Crippen molar-refractivity contribution in [1.82, 2.24) is 0 Å². The summed E-state index contributed by atoms with van der Waals surface area (Å²) in [7, 11) is 1.65. The Morgan fingerprint density at radius 1 is 1.37 bits per heavy atom. The first kappa shape index (κ1) is 14.6. The molecule has 3 heteroatoms. The number of halogens is 1. The fourth-order valence-electron chi connectivity index (χ4n) is 2.80. The van der Waals surface area contributed by atoms with Crippen LogP contribution < -0.4 is 4.74 Å². The molecule has 0 spiro atoms. The number of Topliss-reactive ketones (excluding diaryl/α,β-unsaturated/α-hetero) is 1. The standard InChI is InChI=1S/C16H21BrO2/c1-19-16-9-7-13(11-15(16)17)10-14(18)8-6-12-4-2-3-5-12/h7,9,11-12H,2-6,8,10H2,1H3. The average Bonchev–Trinajstić information content (AvgIpc) is 2.90. The van der Waals surface area contributed by atoms with Gasteiger partial charge in [-0.2, -0.15) is 0 Å². The lowest BCUT2D eigenvalue weighted by atomic mass is 9.97. The van der Waals surface area contributed by atoms with Gasteiger partial charge in [-0.05, 0) is 46.0 Å². The van der Waals surface area contributed by atoms with E-state index < -0.39 is 0 Å². The number of carbonyl (C=O) groups is 1. The molecule has 0 bridgehead atoms. The molecule has 2 nitrogen and oxygen atoms in total. The van der Waals surface area contributed by atoms with Gasteiger partial charge >= 0.3 is 0 Å². The SMILES string of the molecule is COc1ccc(CC(=O)CCC2CCCC2)cc1Br. The predicted molar refractivity (Wildman–Crippen MR) is 80.6 cm³/mol. The molecule has 1 saturated carbocycles. The molecule has 1 aromatic rings. The maximum Gasteiger partial charge on any atom is 0.137 e. The van der Waals surface area contributed by atoms with Gasteiger partial charge in [-0.25, -0.2) is 0 Å². The Bertz CT molecular complexity index is 436. The van der Waals surface area contributed by atoms with E-state index in [9.17, 15) is 4.79 Å². The number of carbonyl (C=O) groups excluding carboxylic acids is 1. The second-order valence-corrected chi connectivity index (χ2v) is 6.23. The normalized spacial score (nSPS) is 15.7. The Labute approximate surface area is 123 Å². The van der Waals surface area contributed by atoms with Gasteiger partial charge in [-0.15, -0.1) is 0 Å². The van der Waals surface area contributed by atoms with Crippen LogP contribution in [0.25, 0.3) is 0 Å². The van der Waals surface area contributed by atoms with Crippen molar-refractivity contribution in [1.29, 1.82) is 0 Å². The first-order valence-corrected chi connectivity index (χ1v) is 7.82. The van der Waals surface area contributed by atoms with Crippen LogP contribution in [0, 0.1) is 5.92 Å². The molecule has 104 valence electrons. The molecule has 0 N–H and O–H groups in total. The van der Waals surface area contributed by atoms with Gasteiger partial charge in [-0.1, -0.05) is 31.7 Å². The van der Waals surface area contributed by atoms with Crippen LogP contribution in [0.4, 0.5) is 0 Å². The number of rotatable bonds is 6. The lowest BCUT2D eigenvalue weighted by Crippen LogP contribution is -2.05. The number of hydrogen-bond acceptors (Lipinski definition) is 2. The lowest BCUT2D eigenvalue weighted by Gasteiger charge is -2.08. The van der Waals surface area contributed by atoms with E-state index in [4.69, 9.17) is 4.74 Å². The molecule has 0 aromatic heterocycles. The fraction of sp³-hybridized carbons (Fsp3) is 0.562. The number of ketones is 1. The summed E-state index contributed by atoms with van der Waals surface area (Å²) in [6.45, 7) is 0. The fourth-order valence-corrected chi connectivity index (χ4v) is 3.39. The van der Waals surface area contributed by atoms with Gasteiger partial charge in [-0.3, -0.25) is 4.79 Å². The van der Waals surface area contributed by atoms with Crippen molar-refractivity contribution in [3.05, 3.63) is 28.2 Å². The summed E-state index contributed by atoms with van der Waals surface area (Å²) in [5.74, 6) is 1.96. The molecule has 19 heavy (non-hydrogen) atoms. The molecule has 0 radical (unpaired) electrons. The van der Waals surface area contributed by atoms with E-state index >= 15 is 0 Å². The highest BCUT2D eigenvalue weighted by Gasteiger charge is 2.16. The molecule has 2 rings (SSSR count). The molecule has 1 aromatic carbocycles. The highest BCUT2D eigenvalue weighted by Crippen LogP contribution is 2.29. The van der Waals surface area contributed by atoms with E-state index in [0.717, 1.165) is 34.5 Å². The van der Waals surface area contributed by atoms with Gasteiger partial charge in [0.15, 0.2) is 0 Å². The molecular weight excluding hydrogens is 304 g/mol. The van der Waals surface area contributed by atoms with Crippen molar-refractivity contribution < 1.29 is 9.53 Å². The van der Waals surface area contributed by atoms with Gasteiger partial charge < -0.3 is 4.74 Å². The topological polar surface area (TPSA) is 26.3 Å². The minimum atomic E-state index is 0.351. The van der Waals surface area contributed by atoms with Gasteiger partial charge in [0, 0.05) is 12.8 Å². The van der Waals surface area contributed by atoms with Crippen molar-refractivity contribution in [2.75, 3.05) is 7.11 Å². The molecule has 1 fully saturated rings. The molecule has 0 saturated heterocycles. The van der Waals surface area contributed by atoms with Crippen molar-refractivity contribution >= 4 is 21.7 Å². The minimum absolute atomic E-state index is 0.351. The van der Waals surface area contributed by atoms with E-state index in [2.05, 4.69) is 15.9 Å². The second kappa shape index (κ2) is 7.09. The maximum atomic E-state index is 12.0. The number of hydrogen-bond donors (Lipinski definition) is 0. The third-order valence-corrected chi connectivity index (χ3v) is 4.54. The molecule has 0 heterocycles. The van der Waals surface area contributed by atoms with Crippen LogP contribution >= 0.6 is 15.9 Å². The van der Waals surface area contributed by atoms with Crippen LogP contribution in [-0.2, 0) is 11.2 Å². The first-order chi connectivity index (χ1) is 9.19. The quantitative estimate of drug-likeness (QED) is 0.767. The van der Waals surface area contributed by atoms with Crippen LogP contribution in [0.1, 0.15) is 44.1 Å². The molecule has 1 aliphatic carbocycles. The van der Waals surface area contributed by atoms with Crippen LogP contribution in [0.3, 0.4) is 0 Å². The van der Waals surface area contributed by atoms with Crippen LogP contribution in [0.2, 0.25) is 0 Å². The van der Waals surface area contributed by atoms with Crippen molar-refractivity contribution in [2.45, 2.75) is 44.9 Å². The van der Waals surface area contributed by atoms with Crippen molar-refractivity contribution in [3.63, 3.8) is 0 Å². The first-order valence-electron chi connectivity index (χ1n) is 7.03. The summed E-state index contributed by atoms with van der Waals surface area (Å²) in [4.78, 5) is 12.0. The Balaban J connectivity index is 1.82. The molecule has 0 atom stereocenters. The molecule has 0 aliphatic heterocycles. The summed E-state index contributed by atoms with van der Waals surface area (Å²) in [6.07, 6.45) is 7.69. The van der Waals surface area contributed by atoms with Crippen molar-refractivity contribution in [2.24, 2.45) is 5.92 Å². The Morgan fingerprint density at radius 3 is 2.74 bits per heavy atom. The second-order valence-electron chi connectivity index (χ2n) is 5.37. The Kier molecular flexibility index (Phi) is 5.44. The summed E-state index contributed by atoms with van der Waals surface area (Å²) in [5.41, 5.74) is 1.06. The highest BCUT2D eigenvalue weighted by atomic mass is 79.9. The number of ether oxygens (including phenoxy) is 1. The van der Waals surface area contributed by atoms with Gasteiger partial charge in [0.25, 0.3) is 0 Å². The minimum Gasteiger partial charge on any atom is -0.496 e. The van der Waals surface area contributed by atoms with E-state index in [-0.39, 0.29) is 0 Å². The average molecular weight is 325 g/mol. The summed E-state index contributed by atoms with van der Waals surface area (Å²) in [5, 5.41) is 0. The summed E-state index contributed by atoms with van der Waals surface area (Å²) in [6, 6.07) is 5.85. The van der Waals surface area contributed by atoms with E-state index in [1.165, 1.54) is 25.7 Å². The van der Waals surface area contributed by atoms with Gasteiger partial charge in [0.2, 0.25) is 0 Å². The van der Waals surface area contributed by atoms with E-state index in [1.807, 2.05) is 18.2 Å². The maximum absolute atomic E-state index is 12.0. The van der Waals surface area contributed by atoms with Crippen LogP contribution in [0.5, 0.6) is 5.75 Å². The molecule has 1 aliphatic rings. The highest BCUT2D eigenvalue weighted by molar-refractivity contribution is 9.10. The largest absolute Gasteiger partial charge is 0.496 e. The zero-order valence-electron chi connectivity index (χ0n) is 11.5. The molecular formula is C16H21BrO2. The summed E-state index contributed by atoms with van der Waals surface area (Å²) < 4.78 is 6.10. The molecule has 0 unspecified atom stereocenters. The van der Waals surface area contributed by atoms with Crippen LogP contribution in [-0.4, -0.2) is 12.9 Å². The number of methoxy groups -OCH3 is 1. The zero-order chi connectivity index (χ0) is 13.7. The van der Waals surface area contributed by atoms with Crippen molar-refractivity contribution in [3.8, 4) is 5.75 Å². The third kappa shape index (κ3) is 4.34. The Morgan fingerprint density at radius 2 is 2.11 bits per heavy atom. The van der Waals surface area contributed by atoms with Gasteiger partial charge in [0.05, 0.1) is 11.6 Å². The van der Waals surface area contributed by atoms with E-state index in [1.54, 1.807) is 7.11 Å². The molecule has 0 amide bonds.